The number of hydrogen-bond donors (Lipinski definition) is 3. The Morgan fingerprint density at radius 2 is 2.30 bits per heavy atom. The normalized spacial score (nSPS) is 17.7. The molecule has 1 atom stereocenters. The van der Waals surface area contributed by atoms with Crippen molar-refractivity contribution in [2.75, 3.05) is 11.9 Å². The first-order chi connectivity index (χ1) is 9.69. The minimum atomic E-state index is -0.261. The summed E-state index contributed by atoms with van der Waals surface area (Å²) in [5, 5.41) is 9.82. The van der Waals surface area contributed by atoms with Gasteiger partial charge in [0.05, 0.1) is 0 Å². The predicted octanol–water partition coefficient (Wildman–Crippen LogP) is 0.655. The Morgan fingerprint density at radius 3 is 3.00 bits per heavy atom. The molecule has 0 aliphatic heterocycles. The molecule has 1 saturated carbocycles. The van der Waals surface area contributed by atoms with Crippen LogP contribution in [0, 0.1) is 12.8 Å². The molecule has 2 heterocycles. The van der Waals surface area contributed by atoms with Crippen LogP contribution in [0.4, 0.5) is 5.82 Å². The van der Waals surface area contributed by atoms with Crippen LogP contribution in [0.3, 0.4) is 0 Å². The van der Waals surface area contributed by atoms with Gasteiger partial charge in [0.15, 0.2) is 5.65 Å². The summed E-state index contributed by atoms with van der Waals surface area (Å²) in [7, 11) is 0. The van der Waals surface area contributed by atoms with Crippen molar-refractivity contribution in [1.29, 1.82) is 0 Å². The molecule has 2 aromatic rings. The fourth-order valence-corrected chi connectivity index (χ4v) is 3.09. The lowest BCUT2D eigenvalue weighted by Crippen LogP contribution is -2.35. The van der Waals surface area contributed by atoms with E-state index in [0.29, 0.717) is 23.9 Å². The van der Waals surface area contributed by atoms with E-state index in [0.717, 1.165) is 5.82 Å². The molecule has 20 heavy (non-hydrogen) atoms. The van der Waals surface area contributed by atoms with Crippen molar-refractivity contribution in [1.82, 2.24) is 19.6 Å². The van der Waals surface area contributed by atoms with Gasteiger partial charge < -0.3 is 11.1 Å². The molecule has 3 rings (SSSR count). The van der Waals surface area contributed by atoms with Crippen molar-refractivity contribution >= 4 is 11.5 Å². The molecule has 7 heteroatoms. The third-order valence-corrected chi connectivity index (χ3v) is 4.13. The zero-order chi connectivity index (χ0) is 14.1. The van der Waals surface area contributed by atoms with Gasteiger partial charge in [0.25, 0.3) is 0 Å². The van der Waals surface area contributed by atoms with Gasteiger partial charge in [-0.25, -0.2) is 19.3 Å². The number of aryl methyl sites for hydroxylation is 1. The second-order valence-electron chi connectivity index (χ2n) is 5.44. The van der Waals surface area contributed by atoms with Crippen LogP contribution in [0.25, 0.3) is 5.65 Å². The first-order valence-corrected chi connectivity index (χ1v) is 7.10. The maximum absolute atomic E-state index is 11.6. The standard InChI is InChI=1S/C13H20N6O/c1-8-15-11(6-12-17-18-13(20)19(8)12)16-10(7-14)9-4-2-3-5-9/h6,9-10,16H,2-5,7,14H2,1H3,(H,18,20). The van der Waals surface area contributed by atoms with Crippen LogP contribution in [0.2, 0.25) is 0 Å². The summed E-state index contributed by atoms with van der Waals surface area (Å²) in [5.74, 6) is 1.96. The van der Waals surface area contributed by atoms with Crippen LogP contribution in [0.15, 0.2) is 10.9 Å². The smallest absolute Gasteiger partial charge is 0.349 e. The average molecular weight is 276 g/mol. The second kappa shape index (κ2) is 5.24. The molecular weight excluding hydrogens is 256 g/mol. The fourth-order valence-electron chi connectivity index (χ4n) is 3.09. The molecule has 1 aliphatic rings. The number of hydrogen-bond acceptors (Lipinski definition) is 5. The van der Waals surface area contributed by atoms with Gasteiger partial charge in [-0.05, 0) is 25.7 Å². The van der Waals surface area contributed by atoms with E-state index in [-0.39, 0.29) is 11.7 Å². The highest BCUT2D eigenvalue weighted by atomic mass is 16.1. The number of fused-ring (bicyclic) bond motifs is 1. The molecule has 1 aliphatic carbocycles. The van der Waals surface area contributed by atoms with E-state index < -0.39 is 0 Å². The minimum absolute atomic E-state index is 0.234. The van der Waals surface area contributed by atoms with Gasteiger partial charge in [0, 0.05) is 18.7 Å². The molecule has 7 nitrogen and oxygen atoms in total. The van der Waals surface area contributed by atoms with Crippen LogP contribution < -0.4 is 16.7 Å². The zero-order valence-corrected chi connectivity index (χ0v) is 11.6. The Labute approximate surface area is 116 Å². The minimum Gasteiger partial charge on any atom is -0.366 e. The number of nitrogens with two attached hydrogens (primary N) is 1. The number of aromatic amines is 1. The summed E-state index contributed by atoms with van der Waals surface area (Å²) in [6.45, 7) is 2.38. The monoisotopic (exact) mass is 276 g/mol. The third kappa shape index (κ3) is 2.29. The lowest BCUT2D eigenvalue weighted by Gasteiger charge is -2.23. The highest BCUT2D eigenvalue weighted by Gasteiger charge is 2.24. The molecule has 1 fully saturated rings. The van der Waals surface area contributed by atoms with E-state index in [1.807, 2.05) is 0 Å². The first kappa shape index (κ1) is 13.1. The second-order valence-corrected chi connectivity index (χ2v) is 5.44. The van der Waals surface area contributed by atoms with E-state index in [4.69, 9.17) is 5.73 Å². The van der Waals surface area contributed by atoms with Gasteiger partial charge in [-0.1, -0.05) is 12.8 Å². The maximum Gasteiger partial charge on any atom is 0.349 e. The molecule has 0 spiro atoms. The van der Waals surface area contributed by atoms with E-state index in [1.165, 1.54) is 30.1 Å². The quantitative estimate of drug-likeness (QED) is 0.761. The van der Waals surface area contributed by atoms with Crippen LogP contribution in [-0.2, 0) is 0 Å². The highest BCUT2D eigenvalue weighted by molar-refractivity contribution is 5.50. The van der Waals surface area contributed by atoms with E-state index in [9.17, 15) is 4.79 Å². The largest absolute Gasteiger partial charge is 0.366 e. The molecule has 0 bridgehead atoms. The summed E-state index contributed by atoms with van der Waals surface area (Å²) in [6, 6.07) is 2.01. The van der Waals surface area contributed by atoms with E-state index in [1.54, 1.807) is 13.0 Å². The molecule has 4 N–H and O–H groups in total. The van der Waals surface area contributed by atoms with E-state index >= 15 is 0 Å². The van der Waals surface area contributed by atoms with Crippen LogP contribution in [0.1, 0.15) is 31.5 Å². The number of nitrogens with zero attached hydrogens (tertiary/aromatic N) is 3. The van der Waals surface area contributed by atoms with Crippen molar-refractivity contribution in [3.05, 3.63) is 22.4 Å². The van der Waals surface area contributed by atoms with Crippen molar-refractivity contribution in [3.63, 3.8) is 0 Å². The number of nitrogens with one attached hydrogen (secondary N) is 2. The van der Waals surface area contributed by atoms with Crippen LogP contribution >= 0.6 is 0 Å². The van der Waals surface area contributed by atoms with Crippen molar-refractivity contribution < 1.29 is 0 Å². The molecule has 2 aromatic heterocycles. The molecule has 1 unspecified atom stereocenters. The Morgan fingerprint density at radius 1 is 1.55 bits per heavy atom. The Kier molecular flexibility index (Phi) is 3.43. The lowest BCUT2D eigenvalue weighted by molar-refractivity contribution is 0.461. The number of anilines is 1. The van der Waals surface area contributed by atoms with E-state index in [2.05, 4.69) is 20.5 Å². The topological polar surface area (TPSA) is 101 Å². The molecule has 0 aromatic carbocycles. The van der Waals surface area contributed by atoms with Crippen LogP contribution in [0.5, 0.6) is 0 Å². The fraction of sp³-hybridized carbons (Fsp3) is 0.615. The highest BCUT2D eigenvalue weighted by Crippen LogP contribution is 2.28. The van der Waals surface area contributed by atoms with Crippen LogP contribution in [-0.4, -0.2) is 32.2 Å². The summed E-state index contributed by atoms with van der Waals surface area (Å²) in [4.78, 5) is 16.0. The lowest BCUT2D eigenvalue weighted by atomic mass is 9.98. The number of rotatable bonds is 4. The van der Waals surface area contributed by atoms with Gasteiger partial charge in [0.2, 0.25) is 0 Å². The molecule has 0 amide bonds. The van der Waals surface area contributed by atoms with Crippen molar-refractivity contribution in [2.24, 2.45) is 11.7 Å². The molecule has 0 saturated heterocycles. The molecule has 108 valence electrons. The molecular formula is C13H20N6O. The average Bonchev–Trinajstić information content (AvgIpc) is 3.06. The Balaban J connectivity index is 1.88. The summed E-state index contributed by atoms with van der Waals surface area (Å²) < 4.78 is 1.46. The number of H-pyrrole nitrogens is 1. The zero-order valence-electron chi connectivity index (χ0n) is 11.6. The Bertz CT molecular complexity index is 654. The SMILES string of the molecule is Cc1nc(NC(CN)C2CCCC2)cc2n[nH]c(=O)n12. The van der Waals surface area contributed by atoms with Gasteiger partial charge in [-0.2, -0.15) is 5.10 Å². The first-order valence-electron chi connectivity index (χ1n) is 7.10. The summed E-state index contributed by atoms with van der Waals surface area (Å²) >= 11 is 0. The van der Waals surface area contributed by atoms with Crippen molar-refractivity contribution in [3.8, 4) is 0 Å². The maximum atomic E-state index is 11.6. The van der Waals surface area contributed by atoms with Gasteiger partial charge in [-0.15, -0.1) is 0 Å². The molecule has 0 radical (unpaired) electrons. The third-order valence-electron chi connectivity index (χ3n) is 4.13. The van der Waals surface area contributed by atoms with Gasteiger partial charge >= 0.3 is 5.69 Å². The van der Waals surface area contributed by atoms with Crippen molar-refractivity contribution in [2.45, 2.75) is 38.6 Å². The van der Waals surface area contributed by atoms with Gasteiger partial charge in [-0.3, -0.25) is 0 Å². The number of aromatic nitrogens is 4. The van der Waals surface area contributed by atoms with Gasteiger partial charge in [0.1, 0.15) is 11.6 Å². The Hall–Kier alpha value is -1.89. The summed E-state index contributed by atoms with van der Waals surface area (Å²) in [6.07, 6.45) is 5.00. The predicted molar refractivity (Wildman–Crippen MR) is 76.8 cm³/mol. The summed E-state index contributed by atoms with van der Waals surface area (Å²) in [5.41, 5.74) is 6.20.